The summed E-state index contributed by atoms with van der Waals surface area (Å²) in [5, 5.41) is 7.12. The maximum Gasteiger partial charge on any atom is 0.490 e. The van der Waals surface area contributed by atoms with E-state index in [1.54, 1.807) is 25.1 Å². The van der Waals surface area contributed by atoms with Gasteiger partial charge in [0.05, 0.1) is 0 Å². The monoisotopic (exact) mass is 521 g/mol. The van der Waals surface area contributed by atoms with Crippen molar-refractivity contribution in [3.05, 3.63) is 59.4 Å². The Kier molecular flexibility index (Phi) is 8.45. The standard InChI is InChI=1S/C24H29N3O3.C2HF3O2/c1-17-7-6-9-20(25-17)23(29)27-13-11-24(12-14-27)16-18(15-22(28)26(2)3)19-8-4-5-10-21(19)30-24;3-2(4,5)1(6)7/h4-10,18H,11-16H2,1-3H3;(H,6,7). The van der Waals surface area contributed by atoms with Crippen LogP contribution in [0.1, 0.15) is 53.3 Å². The fourth-order valence-corrected chi connectivity index (χ4v) is 4.57. The van der Waals surface area contributed by atoms with Gasteiger partial charge in [-0.05, 0) is 37.1 Å². The second kappa shape index (κ2) is 11.2. The van der Waals surface area contributed by atoms with Crippen LogP contribution in [0.15, 0.2) is 42.5 Å². The Balaban J connectivity index is 0.000000479. The van der Waals surface area contributed by atoms with Gasteiger partial charge in [0, 0.05) is 58.1 Å². The Morgan fingerprint density at radius 1 is 1.11 bits per heavy atom. The number of piperidine rings is 1. The van der Waals surface area contributed by atoms with Crippen LogP contribution in [0.5, 0.6) is 5.75 Å². The summed E-state index contributed by atoms with van der Waals surface area (Å²) >= 11 is 0. The van der Waals surface area contributed by atoms with Gasteiger partial charge in [-0.25, -0.2) is 9.78 Å². The molecule has 1 fully saturated rings. The minimum Gasteiger partial charge on any atom is -0.487 e. The molecule has 11 heteroatoms. The number of nitrogens with zero attached hydrogens (tertiary/aromatic N) is 3. The maximum absolute atomic E-state index is 12.9. The number of hydrogen-bond donors (Lipinski definition) is 1. The molecule has 3 heterocycles. The smallest absolute Gasteiger partial charge is 0.487 e. The predicted molar refractivity (Wildman–Crippen MR) is 128 cm³/mol. The van der Waals surface area contributed by atoms with E-state index in [0.29, 0.717) is 25.2 Å². The molecule has 0 aliphatic carbocycles. The lowest BCUT2D eigenvalue weighted by Gasteiger charge is -2.47. The minimum absolute atomic E-state index is 0.0240. The van der Waals surface area contributed by atoms with Crippen molar-refractivity contribution in [2.45, 2.75) is 50.3 Å². The zero-order valence-electron chi connectivity index (χ0n) is 20.9. The highest BCUT2D eigenvalue weighted by Crippen LogP contribution is 2.46. The summed E-state index contributed by atoms with van der Waals surface area (Å²) in [6.45, 7) is 3.15. The second-order valence-electron chi connectivity index (χ2n) is 9.48. The molecular formula is C26H30F3N3O5. The van der Waals surface area contributed by atoms with Gasteiger partial charge in [0.1, 0.15) is 17.0 Å². The molecule has 1 atom stereocenters. The molecule has 1 aromatic carbocycles. The van der Waals surface area contributed by atoms with Crippen LogP contribution in [0.3, 0.4) is 0 Å². The first-order valence-electron chi connectivity index (χ1n) is 11.8. The number of halogens is 3. The quantitative estimate of drug-likeness (QED) is 0.655. The van der Waals surface area contributed by atoms with E-state index >= 15 is 0 Å². The fraction of sp³-hybridized carbons (Fsp3) is 0.462. The number of rotatable bonds is 3. The van der Waals surface area contributed by atoms with Gasteiger partial charge in [-0.1, -0.05) is 24.3 Å². The predicted octanol–water partition coefficient (Wildman–Crippen LogP) is 4.04. The summed E-state index contributed by atoms with van der Waals surface area (Å²) in [6.07, 6.45) is -2.30. The highest BCUT2D eigenvalue weighted by Gasteiger charge is 2.44. The Bertz CT molecular complexity index is 1140. The fourth-order valence-electron chi connectivity index (χ4n) is 4.57. The van der Waals surface area contributed by atoms with Crippen molar-refractivity contribution in [3.63, 3.8) is 0 Å². The van der Waals surface area contributed by atoms with E-state index in [4.69, 9.17) is 14.6 Å². The maximum atomic E-state index is 12.9. The number of ether oxygens (including phenoxy) is 1. The largest absolute Gasteiger partial charge is 0.490 e. The summed E-state index contributed by atoms with van der Waals surface area (Å²) in [4.78, 5) is 42.1. The van der Waals surface area contributed by atoms with Gasteiger partial charge in [-0.3, -0.25) is 9.59 Å². The average Bonchev–Trinajstić information content (AvgIpc) is 2.84. The van der Waals surface area contributed by atoms with Crippen LogP contribution in [-0.4, -0.2) is 76.6 Å². The molecule has 2 aromatic rings. The highest BCUT2D eigenvalue weighted by molar-refractivity contribution is 5.92. The lowest BCUT2D eigenvalue weighted by Crippen LogP contribution is -2.52. The molecule has 200 valence electrons. The summed E-state index contributed by atoms with van der Waals surface area (Å²) < 4.78 is 38.2. The number of carboxylic acid groups (broad SMARTS) is 1. The first-order chi connectivity index (χ1) is 17.3. The number of aromatic nitrogens is 1. The number of carbonyl (C=O) groups is 3. The molecule has 1 aromatic heterocycles. The first kappa shape index (κ1) is 27.9. The van der Waals surface area contributed by atoms with Crippen molar-refractivity contribution >= 4 is 17.8 Å². The Morgan fingerprint density at radius 2 is 1.73 bits per heavy atom. The van der Waals surface area contributed by atoms with Crippen LogP contribution in [0.4, 0.5) is 13.2 Å². The van der Waals surface area contributed by atoms with Gasteiger partial charge in [0.2, 0.25) is 5.91 Å². The second-order valence-corrected chi connectivity index (χ2v) is 9.48. The number of fused-ring (bicyclic) bond motifs is 1. The molecule has 2 amide bonds. The normalized spacial score (nSPS) is 18.1. The Morgan fingerprint density at radius 3 is 2.30 bits per heavy atom. The van der Waals surface area contributed by atoms with Crippen LogP contribution >= 0.6 is 0 Å². The molecule has 1 saturated heterocycles. The third kappa shape index (κ3) is 6.99. The zero-order chi connectivity index (χ0) is 27.4. The highest BCUT2D eigenvalue weighted by atomic mass is 19.4. The third-order valence-corrected chi connectivity index (χ3v) is 6.54. The van der Waals surface area contributed by atoms with Crippen molar-refractivity contribution in [3.8, 4) is 5.75 Å². The number of carbonyl (C=O) groups excluding carboxylic acids is 2. The third-order valence-electron chi connectivity index (χ3n) is 6.54. The van der Waals surface area contributed by atoms with Gasteiger partial charge < -0.3 is 19.6 Å². The SMILES string of the molecule is Cc1cccc(C(=O)N2CCC3(CC2)CC(CC(=O)N(C)C)c2ccccc2O3)n1.O=C(O)C(F)(F)F. The molecule has 4 rings (SSSR count). The van der Waals surface area contributed by atoms with Crippen molar-refractivity contribution < 1.29 is 37.4 Å². The first-order valence-corrected chi connectivity index (χ1v) is 11.8. The van der Waals surface area contributed by atoms with Gasteiger partial charge in [-0.15, -0.1) is 0 Å². The molecule has 0 radical (unpaired) electrons. The number of likely N-dealkylation sites (tertiary alicyclic amines) is 1. The van der Waals surface area contributed by atoms with E-state index in [-0.39, 0.29) is 23.3 Å². The number of pyridine rings is 1. The molecule has 2 aliphatic heterocycles. The topological polar surface area (TPSA) is 100 Å². The van der Waals surface area contributed by atoms with Crippen molar-refractivity contribution in [2.24, 2.45) is 0 Å². The van der Waals surface area contributed by atoms with E-state index in [2.05, 4.69) is 11.1 Å². The molecule has 8 nitrogen and oxygen atoms in total. The summed E-state index contributed by atoms with van der Waals surface area (Å²) in [5.41, 5.74) is 2.12. The number of alkyl halides is 3. The van der Waals surface area contributed by atoms with Crippen molar-refractivity contribution in [1.29, 1.82) is 0 Å². The summed E-state index contributed by atoms with van der Waals surface area (Å²) in [6, 6.07) is 13.6. The molecule has 1 spiro atoms. The van der Waals surface area contributed by atoms with Gasteiger partial charge in [0.25, 0.3) is 5.91 Å². The lowest BCUT2D eigenvalue weighted by atomic mass is 9.76. The number of para-hydroxylation sites is 1. The number of amides is 2. The van der Waals surface area contributed by atoms with E-state index in [0.717, 1.165) is 36.3 Å². The van der Waals surface area contributed by atoms with E-state index in [9.17, 15) is 22.8 Å². The van der Waals surface area contributed by atoms with Crippen molar-refractivity contribution in [2.75, 3.05) is 27.2 Å². The van der Waals surface area contributed by atoms with E-state index in [1.165, 1.54) is 0 Å². The molecule has 1 unspecified atom stereocenters. The van der Waals surface area contributed by atoms with Crippen molar-refractivity contribution in [1.82, 2.24) is 14.8 Å². The Hall–Kier alpha value is -3.63. The van der Waals surface area contributed by atoms with Gasteiger partial charge in [0.15, 0.2) is 0 Å². The van der Waals surface area contributed by atoms with Crippen LogP contribution in [0.2, 0.25) is 0 Å². The molecule has 2 aliphatic rings. The number of benzene rings is 1. The molecule has 37 heavy (non-hydrogen) atoms. The average molecular weight is 522 g/mol. The van der Waals surface area contributed by atoms with E-state index < -0.39 is 12.1 Å². The molecule has 1 N–H and O–H groups in total. The molecular weight excluding hydrogens is 491 g/mol. The van der Waals surface area contributed by atoms with Crippen LogP contribution < -0.4 is 4.74 Å². The molecule has 0 saturated carbocycles. The Labute approximate surface area is 213 Å². The number of aliphatic carboxylic acids is 1. The summed E-state index contributed by atoms with van der Waals surface area (Å²) in [5.74, 6) is -1.65. The van der Waals surface area contributed by atoms with Gasteiger partial charge in [-0.2, -0.15) is 13.2 Å². The number of aryl methyl sites for hydroxylation is 1. The number of carboxylic acids is 1. The van der Waals surface area contributed by atoms with Crippen LogP contribution in [-0.2, 0) is 9.59 Å². The van der Waals surface area contributed by atoms with E-state index in [1.807, 2.05) is 42.2 Å². The number of hydrogen-bond acceptors (Lipinski definition) is 5. The van der Waals surface area contributed by atoms with Crippen LogP contribution in [0.25, 0.3) is 0 Å². The van der Waals surface area contributed by atoms with Gasteiger partial charge >= 0.3 is 12.1 Å². The molecule has 0 bridgehead atoms. The summed E-state index contributed by atoms with van der Waals surface area (Å²) in [7, 11) is 3.60. The minimum atomic E-state index is -5.08. The van der Waals surface area contributed by atoms with Crippen LogP contribution in [0, 0.1) is 6.92 Å². The zero-order valence-corrected chi connectivity index (χ0v) is 20.9. The lowest BCUT2D eigenvalue weighted by molar-refractivity contribution is -0.192.